The zero-order chi connectivity index (χ0) is 13.9. The van der Waals surface area contributed by atoms with Crippen molar-refractivity contribution in [1.29, 1.82) is 0 Å². The van der Waals surface area contributed by atoms with Crippen LogP contribution in [0.3, 0.4) is 0 Å². The molecule has 0 saturated carbocycles. The molecule has 0 aromatic heterocycles. The first-order valence-electron chi connectivity index (χ1n) is 4.95. The molecule has 100 valence electrons. The van der Waals surface area contributed by atoms with E-state index < -0.39 is 12.2 Å². The molecule has 18 heavy (non-hydrogen) atoms. The fraction of sp³-hybridized carbons (Fsp3) is 0.364. The second-order valence-electron chi connectivity index (χ2n) is 3.60. The number of hydrogen-bond donors (Lipinski definition) is 1. The van der Waals surface area contributed by atoms with Gasteiger partial charge < -0.3 is 9.47 Å². The van der Waals surface area contributed by atoms with Gasteiger partial charge in [-0.1, -0.05) is 6.07 Å². The van der Waals surface area contributed by atoms with E-state index in [2.05, 4.69) is 14.8 Å². The van der Waals surface area contributed by atoms with Gasteiger partial charge in [0.05, 0.1) is 16.4 Å². The van der Waals surface area contributed by atoms with Gasteiger partial charge in [0.15, 0.2) is 0 Å². The standard InChI is InChI=1S/C11H12F2INO3/c1-6-4-5-7(18-11(2,12)13)8(14)9(6)15-10(16)17-3/h4-5H,1-3H3,(H,15,16). The molecule has 0 fully saturated rings. The molecule has 1 N–H and O–H groups in total. The number of carbonyl (C=O) groups excluding carboxylic acids is 1. The van der Waals surface area contributed by atoms with Crippen LogP contribution in [0.25, 0.3) is 0 Å². The highest BCUT2D eigenvalue weighted by Gasteiger charge is 2.25. The monoisotopic (exact) mass is 371 g/mol. The van der Waals surface area contributed by atoms with Gasteiger partial charge >= 0.3 is 12.2 Å². The predicted molar refractivity (Wildman–Crippen MR) is 71.2 cm³/mol. The Bertz CT molecular complexity index is 460. The van der Waals surface area contributed by atoms with Crippen molar-refractivity contribution < 1.29 is 23.0 Å². The van der Waals surface area contributed by atoms with Crippen molar-refractivity contribution in [2.24, 2.45) is 0 Å². The molecule has 0 spiro atoms. The number of rotatable bonds is 3. The number of methoxy groups -OCH3 is 1. The van der Waals surface area contributed by atoms with Crippen LogP contribution < -0.4 is 10.1 Å². The van der Waals surface area contributed by atoms with Crippen molar-refractivity contribution in [3.8, 4) is 5.75 Å². The lowest BCUT2D eigenvalue weighted by molar-refractivity contribution is -0.159. The molecule has 4 nitrogen and oxygen atoms in total. The minimum atomic E-state index is -3.28. The molecule has 1 aromatic carbocycles. The second kappa shape index (κ2) is 5.68. The second-order valence-corrected chi connectivity index (χ2v) is 4.67. The van der Waals surface area contributed by atoms with E-state index in [-0.39, 0.29) is 5.75 Å². The largest absolute Gasteiger partial charge is 0.453 e. The summed E-state index contributed by atoms with van der Waals surface area (Å²) in [6.45, 7) is 2.39. The van der Waals surface area contributed by atoms with Crippen LogP contribution in [-0.4, -0.2) is 19.3 Å². The van der Waals surface area contributed by atoms with E-state index >= 15 is 0 Å². The van der Waals surface area contributed by atoms with Crippen LogP contribution in [0, 0.1) is 10.5 Å². The molecule has 0 saturated heterocycles. The Morgan fingerprint density at radius 3 is 2.56 bits per heavy atom. The maximum absolute atomic E-state index is 12.8. The lowest BCUT2D eigenvalue weighted by Gasteiger charge is -2.17. The number of alkyl halides is 2. The first kappa shape index (κ1) is 14.9. The number of ether oxygens (including phenoxy) is 2. The van der Waals surface area contributed by atoms with Gasteiger partial charge in [-0.3, -0.25) is 5.32 Å². The van der Waals surface area contributed by atoms with Gasteiger partial charge in [0, 0.05) is 6.92 Å². The first-order valence-corrected chi connectivity index (χ1v) is 6.03. The summed E-state index contributed by atoms with van der Waals surface area (Å²) in [5.41, 5.74) is 1.11. The van der Waals surface area contributed by atoms with Gasteiger partial charge in [0.1, 0.15) is 5.75 Å². The Morgan fingerprint density at radius 2 is 2.06 bits per heavy atom. The Morgan fingerprint density at radius 1 is 1.44 bits per heavy atom. The SMILES string of the molecule is COC(=O)Nc1c(C)ccc(OC(C)(F)F)c1I. The maximum atomic E-state index is 12.8. The third-order valence-electron chi connectivity index (χ3n) is 2.02. The molecule has 1 rings (SSSR count). The van der Waals surface area contributed by atoms with Crippen LogP contribution >= 0.6 is 22.6 Å². The van der Waals surface area contributed by atoms with Gasteiger partial charge in [-0.2, -0.15) is 8.78 Å². The van der Waals surface area contributed by atoms with E-state index in [1.807, 2.05) is 22.6 Å². The maximum Gasteiger partial charge on any atom is 0.411 e. The Balaban J connectivity index is 3.10. The summed E-state index contributed by atoms with van der Waals surface area (Å²) in [5.74, 6) is 0.0000954. The van der Waals surface area contributed by atoms with E-state index in [1.165, 1.54) is 13.2 Å². The lowest BCUT2D eigenvalue weighted by atomic mass is 10.2. The van der Waals surface area contributed by atoms with Crippen molar-refractivity contribution in [3.63, 3.8) is 0 Å². The van der Waals surface area contributed by atoms with E-state index in [0.29, 0.717) is 16.2 Å². The summed E-state index contributed by atoms with van der Waals surface area (Å²) >= 11 is 1.83. The molecule has 0 aliphatic rings. The van der Waals surface area contributed by atoms with Gasteiger partial charge in [0.2, 0.25) is 0 Å². The van der Waals surface area contributed by atoms with Crippen LogP contribution in [-0.2, 0) is 4.74 Å². The highest BCUT2D eigenvalue weighted by molar-refractivity contribution is 14.1. The van der Waals surface area contributed by atoms with Crippen LogP contribution in [0.5, 0.6) is 5.75 Å². The van der Waals surface area contributed by atoms with Crippen molar-refractivity contribution in [3.05, 3.63) is 21.3 Å². The summed E-state index contributed by atoms with van der Waals surface area (Å²) in [7, 11) is 1.22. The fourth-order valence-corrected chi connectivity index (χ4v) is 2.08. The van der Waals surface area contributed by atoms with E-state index in [1.54, 1.807) is 13.0 Å². The van der Waals surface area contributed by atoms with Crippen molar-refractivity contribution >= 4 is 34.4 Å². The molecule has 0 atom stereocenters. The number of aryl methyl sites for hydroxylation is 1. The lowest BCUT2D eigenvalue weighted by Crippen LogP contribution is -2.20. The topological polar surface area (TPSA) is 47.6 Å². The Hall–Kier alpha value is -1.12. The average Bonchev–Trinajstić information content (AvgIpc) is 2.26. The first-order chi connectivity index (χ1) is 8.24. The molecule has 0 heterocycles. The molecule has 0 aliphatic heterocycles. The summed E-state index contributed by atoms with van der Waals surface area (Å²) in [4.78, 5) is 11.2. The van der Waals surface area contributed by atoms with E-state index in [4.69, 9.17) is 0 Å². The molecule has 0 unspecified atom stereocenters. The van der Waals surface area contributed by atoms with Gasteiger partial charge in [0.25, 0.3) is 0 Å². The summed E-state index contributed by atoms with van der Waals surface area (Å²) in [5, 5.41) is 2.46. The third kappa shape index (κ3) is 3.97. The third-order valence-corrected chi connectivity index (χ3v) is 3.09. The minimum absolute atomic E-state index is 0.0000954. The number of hydrogen-bond acceptors (Lipinski definition) is 3. The van der Waals surface area contributed by atoms with Crippen LogP contribution in [0.4, 0.5) is 19.3 Å². The smallest absolute Gasteiger partial charge is 0.411 e. The predicted octanol–water partition coefficient (Wildman–Crippen LogP) is 3.77. The van der Waals surface area contributed by atoms with Gasteiger partial charge in [-0.05, 0) is 41.1 Å². The molecule has 0 bridgehead atoms. The number of nitrogens with one attached hydrogen (secondary N) is 1. The van der Waals surface area contributed by atoms with Crippen molar-refractivity contribution in [1.82, 2.24) is 0 Å². The van der Waals surface area contributed by atoms with Gasteiger partial charge in [-0.25, -0.2) is 4.79 Å². The van der Waals surface area contributed by atoms with Crippen LogP contribution in [0.1, 0.15) is 12.5 Å². The number of anilines is 1. The van der Waals surface area contributed by atoms with E-state index in [0.717, 1.165) is 5.56 Å². The number of benzene rings is 1. The molecule has 0 radical (unpaired) electrons. The fourth-order valence-electron chi connectivity index (χ4n) is 1.23. The van der Waals surface area contributed by atoms with Crippen molar-refractivity contribution in [2.45, 2.75) is 20.0 Å². The van der Waals surface area contributed by atoms with Gasteiger partial charge in [-0.15, -0.1) is 0 Å². The Kier molecular flexibility index (Phi) is 4.71. The highest BCUT2D eigenvalue weighted by Crippen LogP contribution is 2.34. The number of halogens is 3. The Labute approximate surface area is 117 Å². The average molecular weight is 371 g/mol. The molecular formula is C11H12F2INO3. The molecule has 1 aromatic rings. The summed E-state index contributed by atoms with van der Waals surface area (Å²) in [6, 6.07) is 3.01. The van der Waals surface area contributed by atoms with Crippen molar-refractivity contribution in [2.75, 3.05) is 12.4 Å². The molecule has 7 heteroatoms. The normalized spacial score (nSPS) is 11.0. The molecular weight excluding hydrogens is 359 g/mol. The summed E-state index contributed by atoms with van der Waals surface area (Å²) < 4.78 is 35.0. The highest BCUT2D eigenvalue weighted by atomic mass is 127. The molecule has 0 aliphatic carbocycles. The quantitative estimate of drug-likeness (QED) is 0.823. The minimum Gasteiger partial charge on any atom is -0.453 e. The zero-order valence-corrected chi connectivity index (χ0v) is 12.2. The van der Waals surface area contributed by atoms with Crippen LogP contribution in [0.2, 0.25) is 0 Å². The molecule has 1 amide bonds. The number of carbonyl (C=O) groups is 1. The summed E-state index contributed by atoms with van der Waals surface area (Å²) in [6.07, 6.45) is -3.95. The van der Waals surface area contributed by atoms with E-state index in [9.17, 15) is 13.6 Å². The zero-order valence-electron chi connectivity index (χ0n) is 10.0. The van der Waals surface area contributed by atoms with Crippen LogP contribution in [0.15, 0.2) is 12.1 Å². The number of amides is 1.